The Kier molecular flexibility index (Phi) is 5.32. The summed E-state index contributed by atoms with van der Waals surface area (Å²) in [6, 6.07) is 0.0714. The lowest BCUT2D eigenvalue weighted by molar-refractivity contribution is 0.0836. The number of halogens is 2. The second-order valence-electron chi connectivity index (χ2n) is 5.04. The third kappa shape index (κ3) is 3.28. The van der Waals surface area contributed by atoms with Gasteiger partial charge < -0.3 is 20.4 Å². The summed E-state index contributed by atoms with van der Waals surface area (Å²) in [5, 5.41) is 6.99. The average Bonchev–Trinajstić information content (AvgIpc) is 2.69. The first-order valence-corrected chi connectivity index (χ1v) is 7.34. The van der Waals surface area contributed by atoms with Crippen molar-refractivity contribution < 1.29 is 9.53 Å². The van der Waals surface area contributed by atoms with E-state index in [2.05, 4.69) is 15.6 Å². The van der Waals surface area contributed by atoms with E-state index in [1.54, 1.807) is 14.0 Å². The van der Waals surface area contributed by atoms with Crippen LogP contribution in [0, 0.1) is 12.8 Å². The first kappa shape index (κ1) is 15.6. The molecular formula is C13H19Cl2N3O2. The van der Waals surface area contributed by atoms with Crippen LogP contribution < -0.4 is 10.6 Å². The minimum absolute atomic E-state index is 0.0714. The van der Waals surface area contributed by atoms with E-state index in [9.17, 15) is 4.79 Å². The summed E-state index contributed by atoms with van der Waals surface area (Å²) in [5.41, 5.74) is 1.02. The molecule has 2 rings (SSSR count). The van der Waals surface area contributed by atoms with Gasteiger partial charge in [-0.05, 0) is 19.9 Å². The van der Waals surface area contributed by atoms with Crippen LogP contribution in [0.15, 0.2) is 0 Å². The molecule has 1 aliphatic rings. The minimum atomic E-state index is -0.224. The van der Waals surface area contributed by atoms with E-state index < -0.39 is 0 Å². The zero-order valence-electron chi connectivity index (χ0n) is 11.6. The zero-order chi connectivity index (χ0) is 14.7. The first-order chi connectivity index (χ1) is 9.54. The summed E-state index contributed by atoms with van der Waals surface area (Å²) in [6.45, 7) is 4.10. The fourth-order valence-electron chi connectivity index (χ4n) is 2.47. The Morgan fingerprint density at radius 3 is 2.80 bits per heavy atom. The number of aryl methyl sites for hydroxylation is 1. The molecule has 112 valence electrons. The van der Waals surface area contributed by atoms with Crippen molar-refractivity contribution in [2.75, 3.05) is 26.8 Å². The van der Waals surface area contributed by atoms with Crippen LogP contribution in [0.5, 0.6) is 0 Å². The van der Waals surface area contributed by atoms with Gasteiger partial charge >= 0.3 is 0 Å². The maximum absolute atomic E-state index is 12.3. The predicted molar refractivity (Wildman–Crippen MR) is 79.7 cm³/mol. The smallest absolute Gasteiger partial charge is 0.269 e. The molecule has 1 aromatic rings. The molecule has 0 saturated carbocycles. The normalized spacial score (nSPS) is 22.8. The number of aromatic amines is 1. The maximum Gasteiger partial charge on any atom is 0.269 e. The fourth-order valence-corrected chi connectivity index (χ4v) is 2.89. The number of aromatic nitrogens is 1. The highest BCUT2D eigenvalue weighted by Crippen LogP contribution is 2.29. The molecule has 2 heterocycles. The zero-order valence-corrected chi connectivity index (χ0v) is 13.1. The van der Waals surface area contributed by atoms with Crippen LogP contribution in [0.2, 0.25) is 10.0 Å². The van der Waals surface area contributed by atoms with Crippen molar-refractivity contribution in [1.82, 2.24) is 15.6 Å². The van der Waals surface area contributed by atoms with Gasteiger partial charge in [-0.15, -0.1) is 0 Å². The number of piperidine rings is 1. The highest BCUT2D eigenvalue weighted by Gasteiger charge is 2.28. The van der Waals surface area contributed by atoms with E-state index in [0.717, 1.165) is 19.5 Å². The van der Waals surface area contributed by atoms with Gasteiger partial charge in [-0.2, -0.15) is 0 Å². The summed E-state index contributed by atoms with van der Waals surface area (Å²) < 4.78 is 5.20. The Bertz CT molecular complexity index is 488. The quantitative estimate of drug-likeness (QED) is 0.795. The Labute approximate surface area is 128 Å². The van der Waals surface area contributed by atoms with Crippen molar-refractivity contribution in [3.8, 4) is 0 Å². The molecule has 0 aliphatic carbocycles. The predicted octanol–water partition coefficient (Wildman–Crippen LogP) is 1.98. The monoisotopic (exact) mass is 319 g/mol. The fraction of sp³-hybridized carbons (Fsp3) is 0.615. The number of rotatable bonds is 4. The lowest BCUT2D eigenvalue weighted by Crippen LogP contribution is -2.51. The number of methoxy groups -OCH3 is 1. The number of carbonyl (C=O) groups excluding carboxylic acids is 1. The van der Waals surface area contributed by atoms with Crippen molar-refractivity contribution in [1.29, 1.82) is 0 Å². The van der Waals surface area contributed by atoms with Crippen LogP contribution in [0.1, 0.15) is 22.6 Å². The van der Waals surface area contributed by atoms with E-state index in [0.29, 0.717) is 23.0 Å². The molecule has 1 fully saturated rings. The Morgan fingerprint density at radius 2 is 2.20 bits per heavy atom. The lowest BCUT2D eigenvalue weighted by atomic mass is 9.94. The summed E-state index contributed by atoms with van der Waals surface area (Å²) >= 11 is 12.1. The Hall–Kier alpha value is -0.750. The van der Waals surface area contributed by atoms with Gasteiger partial charge in [0.05, 0.1) is 16.7 Å². The van der Waals surface area contributed by atoms with Crippen LogP contribution in [0.4, 0.5) is 0 Å². The van der Waals surface area contributed by atoms with Crippen LogP contribution in [-0.4, -0.2) is 43.7 Å². The largest absolute Gasteiger partial charge is 0.384 e. The van der Waals surface area contributed by atoms with Crippen molar-refractivity contribution in [2.24, 2.45) is 5.92 Å². The van der Waals surface area contributed by atoms with Crippen LogP contribution >= 0.6 is 23.2 Å². The molecule has 0 unspecified atom stereocenters. The van der Waals surface area contributed by atoms with Gasteiger partial charge in [0.15, 0.2) is 0 Å². The highest BCUT2D eigenvalue weighted by atomic mass is 35.5. The molecule has 1 aliphatic heterocycles. The molecule has 1 saturated heterocycles. The van der Waals surface area contributed by atoms with E-state index in [4.69, 9.17) is 27.9 Å². The Morgan fingerprint density at radius 1 is 1.45 bits per heavy atom. The van der Waals surface area contributed by atoms with Gasteiger partial charge in [-0.1, -0.05) is 23.2 Å². The molecule has 0 spiro atoms. The van der Waals surface area contributed by atoms with Crippen LogP contribution in [-0.2, 0) is 4.74 Å². The number of hydrogen-bond donors (Lipinski definition) is 3. The highest BCUT2D eigenvalue weighted by molar-refractivity contribution is 6.44. The van der Waals surface area contributed by atoms with E-state index in [1.165, 1.54) is 0 Å². The van der Waals surface area contributed by atoms with Crippen molar-refractivity contribution in [3.63, 3.8) is 0 Å². The van der Waals surface area contributed by atoms with Gasteiger partial charge in [0.25, 0.3) is 5.91 Å². The van der Waals surface area contributed by atoms with Crippen molar-refractivity contribution >= 4 is 29.1 Å². The third-order valence-corrected chi connectivity index (χ3v) is 4.53. The summed E-state index contributed by atoms with van der Waals surface area (Å²) in [4.78, 5) is 15.2. The van der Waals surface area contributed by atoms with E-state index in [1.807, 2.05) is 0 Å². The molecular weight excluding hydrogens is 301 g/mol. The van der Waals surface area contributed by atoms with Gasteiger partial charge in [0.1, 0.15) is 5.69 Å². The van der Waals surface area contributed by atoms with Gasteiger partial charge in [0.2, 0.25) is 0 Å². The second-order valence-corrected chi connectivity index (χ2v) is 5.80. The number of carbonyl (C=O) groups is 1. The standard InChI is InChI=1S/C13H19Cl2N3O2/c1-7-10(14)11(15)12(17-7)13(19)18-9-3-4-16-5-8(9)6-20-2/h8-9,16-17H,3-6H2,1-2H3,(H,18,19)/t8-,9-/m0/s1. The molecule has 7 heteroatoms. The second kappa shape index (κ2) is 6.80. The maximum atomic E-state index is 12.3. The molecule has 3 N–H and O–H groups in total. The van der Waals surface area contributed by atoms with Crippen molar-refractivity contribution in [3.05, 3.63) is 21.4 Å². The van der Waals surface area contributed by atoms with Gasteiger partial charge in [0, 0.05) is 31.3 Å². The average molecular weight is 320 g/mol. The first-order valence-electron chi connectivity index (χ1n) is 6.58. The molecule has 0 bridgehead atoms. The number of hydrogen-bond acceptors (Lipinski definition) is 3. The molecule has 1 aromatic heterocycles. The molecule has 20 heavy (non-hydrogen) atoms. The van der Waals surface area contributed by atoms with Gasteiger partial charge in [-0.3, -0.25) is 4.79 Å². The number of nitrogens with one attached hydrogen (secondary N) is 3. The van der Waals surface area contributed by atoms with E-state index in [-0.39, 0.29) is 22.9 Å². The lowest BCUT2D eigenvalue weighted by Gasteiger charge is -2.32. The third-order valence-electron chi connectivity index (χ3n) is 3.59. The molecule has 5 nitrogen and oxygen atoms in total. The number of ether oxygens (including phenoxy) is 1. The molecule has 1 amide bonds. The molecule has 0 aromatic carbocycles. The molecule has 2 atom stereocenters. The summed E-state index contributed by atoms with van der Waals surface area (Å²) in [6.07, 6.45) is 0.866. The van der Waals surface area contributed by atoms with E-state index >= 15 is 0 Å². The van der Waals surface area contributed by atoms with Gasteiger partial charge in [-0.25, -0.2) is 0 Å². The number of H-pyrrole nitrogens is 1. The molecule has 0 radical (unpaired) electrons. The van der Waals surface area contributed by atoms with Crippen LogP contribution in [0.25, 0.3) is 0 Å². The number of amides is 1. The van der Waals surface area contributed by atoms with Crippen molar-refractivity contribution in [2.45, 2.75) is 19.4 Å². The minimum Gasteiger partial charge on any atom is -0.384 e. The summed E-state index contributed by atoms with van der Waals surface area (Å²) in [7, 11) is 1.67. The summed E-state index contributed by atoms with van der Waals surface area (Å²) in [5.74, 6) is 0.0287. The Balaban J connectivity index is 2.07. The SMILES string of the molecule is COC[C@@H]1CNCC[C@@H]1NC(=O)c1[nH]c(C)c(Cl)c1Cl. The van der Waals surface area contributed by atoms with Crippen LogP contribution in [0.3, 0.4) is 0 Å². The topological polar surface area (TPSA) is 66.2 Å².